The van der Waals surface area contributed by atoms with Crippen molar-refractivity contribution in [1.82, 2.24) is 10.2 Å². The van der Waals surface area contributed by atoms with E-state index >= 15 is 0 Å². The van der Waals surface area contributed by atoms with Crippen molar-refractivity contribution in [2.45, 2.75) is 38.4 Å². The molecule has 1 aromatic carbocycles. The number of unbranched alkanes of at least 4 members (excludes halogenated alkanes) is 1. The first-order chi connectivity index (χ1) is 12.2. The Morgan fingerprint density at radius 3 is 2.52 bits per heavy atom. The largest absolute Gasteiger partial charge is 0.494 e. The molecule has 6 nitrogen and oxygen atoms in total. The zero-order chi connectivity index (χ0) is 19.2. The van der Waals surface area contributed by atoms with Gasteiger partial charge in [-0.15, -0.1) is 24.0 Å². The number of halogens is 1. The van der Waals surface area contributed by atoms with Crippen LogP contribution in [0.1, 0.15) is 32.3 Å². The summed E-state index contributed by atoms with van der Waals surface area (Å²) < 4.78 is 29.2. The molecule has 0 spiro atoms. The molecular formula is C19H32IN3O3S. The summed E-state index contributed by atoms with van der Waals surface area (Å²) in [7, 11) is -1.30. The highest BCUT2D eigenvalue weighted by Gasteiger charge is 2.40. The van der Waals surface area contributed by atoms with Crippen LogP contribution in [0.15, 0.2) is 29.3 Å². The number of guanidine groups is 1. The lowest BCUT2D eigenvalue weighted by molar-refractivity contribution is 0.306. The van der Waals surface area contributed by atoms with Gasteiger partial charge in [0, 0.05) is 26.7 Å². The predicted molar refractivity (Wildman–Crippen MR) is 122 cm³/mol. The maximum atomic E-state index is 12.1. The first-order valence-corrected chi connectivity index (χ1v) is 10.8. The lowest BCUT2D eigenvalue weighted by Crippen LogP contribution is -2.57. The molecule has 0 aromatic heterocycles. The number of nitrogens with zero attached hydrogens (tertiary/aromatic N) is 2. The average Bonchev–Trinajstić information content (AvgIpc) is 2.58. The highest BCUT2D eigenvalue weighted by Crippen LogP contribution is 2.23. The molecule has 1 heterocycles. The highest BCUT2D eigenvalue weighted by molar-refractivity contribution is 14.0. The molecule has 0 radical (unpaired) electrons. The van der Waals surface area contributed by atoms with Gasteiger partial charge in [-0.05, 0) is 45.7 Å². The summed E-state index contributed by atoms with van der Waals surface area (Å²) in [6.07, 6.45) is 1.90. The Kier molecular flexibility index (Phi) is 9.33. The average molecular weight is 509 g/mol. The molecule has 1 fully saturated rings. The molecule has 8 heteroatoms. The van der Waals surface area contributed by atoms with Crippen molar-refractivity contribution in [1.29, 1.82) is 0 Å². The summed E-state index contributed by atoms with van der Waals surface area (Å²) in [6, 6.07) is 8.06. The molecule has 1 aliphatic rings. The minimum atomic E-state index is -3.04. The third-order valence-electron chi connectivity index (χ3n) is 4.70. The Hall–Kier alpha value is -1.03. The SMILES string of the molecule is CN=C(NCCCCOc1ccc(C)cc1)N1CCS(=O)(=O)C(C)(C)C1.I. The quantitative estimate of drug-likeness (QED) is 0.277. The van der Waals surface area contributed by atoms with Crippen molar-refractivity contribution in [3.63, 3.8) is 0 Å². The van der Waals surface area contributed by atoms with Crippen molar-refractivity contribution in [3.8, 4) is 5.75 Å². The minimum absolute atomic E-state index is 0. The van der Waals surface area contributed by atoms with Crippen molar-refractivity contribution in [2.24, 2.45) is 4.99 Å². The zero-order valence-electron chi connectivity index (χ0n) is 16.7. The number of sulfone groups is 1. The van der Waals surface area contributed by atoms with E-state index in [9.17, 15) is 8.42 Å². The fourth-order valence-corrected chi connectivity index (χ4v) is 4.27. The molecule has 0 bridgehead atoms. The summed E-state index contributed by atoms with van der Waals surface area (Å²) in [5, 5.41) is 3.34. The van der Waals surface area contributed by atoms with Crippen molar-refractivity contribution in [3.05, 3.63) is 29.8 Å². The monoisotopic (exact) mass is 509 g/mol. The Labute approximate surface area is 180 Å². The van der Waals surface area contributed by atoms with Gasteiger partial charge in [-0.3, -0.25) is 4.99 Å². The van der Waals surface area contributed by atoms with Gasteiger partial charge in [0.15, 0.2) is 15.8 Å². The molecule has 1 aromatic rings. The van der Waals surface area contributed by atoms with E-state index in [-0.39, 0.29) is 29.7 Å². The van der Waals surface area contributed by atoms with Crippen LogP contribution >= 0.6 is 24.0 Å². The van der Waals surface area contributed by atoms with E-state index in [4.69, 9.17) is 4.74 Å². The van der Waals surface area contributed by atoms with Gasteiger partial charge in [-0.2, -0.15) is 0 Å². The Balaban J connectivity index is 0.00000364. The van der Waals surface area contributed by atoms with E-state index in [1.165, 1.54) is 5.56 Å². The molecule has 1 aliphatic heterocycles. The second kappa shape index (κ2) is 10.5. The van der Waals surface area contributed by atoms with Gasteiger partial charge in [0.05, 0.1) is 17.1 Å². The lowest BCUT2D eigenvalue weighted by atomic mass is 10.2. The fourth-order valence-electron chi connectivity index (χ4n) is 2.91. The van der Waals surface area contributed by atoms with Crippen LogP contribution in [0.25, 0.3) is 0 Å². The van der Waals surface area contributed by atoms with E-state index in [1.807, 2.05) is 29.2 Å². The topological polar surface area (TPSA) is 71.0 Å². The standard InChI is InChI=1S/C19H31N3O3S.HI/c1-16-7-9-17(10-8-16)25-13-6-5-11-21-18(20-4)22-12-14-26(23,24)19(2,3)15-22;/h7-10H,5-6,11-15H2,1-4H3,(H,20,21);1H. The Morgan fingerprint density at radius 2 is 1.93 bits per heavy atom. The molecular weight excluding hydrogens is 477 g/mol. The number of ether oxygens (including phenoxy) is 1. The highest BCUT2D eigenvalue weighted by atomic mass is 127. The Bertz CT molecular complexity index is 718. The molecule has 0 atom stereocenters. The van der Waals surface area contributed by atoms with Crippen LogP contribution < -0.4 is 10.1 Å². The van der Waals surface area contributed by atoms with Gasteiger partial charge in [0.2, 0.25) is 0 Å². The van der Waals surface area contributed by atoms with Crippen molar-refractivity contribution >= 4 is 39.8 Å². The van der Waals surface area contributed by atoms with Crippen LogP contribution in [0.4, 0.5) is 0 Å². The molecule has 0 unspecified atom stereocenters. The first kappa shape index (κ1) is 24.0. The van der Waals surface area contributed by atoms with Gasteiger partial charge >= 0.3 is 0 Å². The number of aryl methyl sites for hydroxylation is 1. The van der Waals surface area contributed by atoms with E-state index in [1.54, 1.807) is 20.9 Å². The minimum Gasteiger partial charge on any atom is -0.494 e. The van der Waals surface area contributed by atoms with Gasteiger partial charge in [0.25, 0.3) is 0 Å². The number of aliphatic imine (C=N–C) groups is 1. The fraction of sp³-hybridized carbons (Fsp3) is 0.632. The summed E-state index contributed by atoms with van der Waals surface area (Å²) in [6.45, 7) is 8.04. The molecule has 1 saturated heterocycles. The normalized spacial score (nSPS) is 18.5. The van der Waals surface area contributed by atoms with Crippen LogP contribution in [0, 0.1) is 6.92 Å². The number of hydrogen-bond acceptors (Lipinski definition) is 4. The van der Waals surface area contributed by atoms with E-state index < -0.39 is 14.6 Å². The maximum Gasteiger partial charge on any atom is 0.193 e. The van der Waals surface area contributed by atoms with Crippen LogP contribution in [0.5, 0.6) is 5.75 Å². The Morgan fingerprint density at radius 1 is 1.26 bits per heavy atom. The van der Waals surface area contributed by atoms with E-state index in [0.29, 0.717) is 19.7 Å². The lowest BCUT2D eigenvalue weighted by Gasteiger charge is -2.39. The van der Waals surface area contributed by atoms with E-state index in [0.717, 1.165) is 31.1 Å². The van der Waals surface area contributed by atoms with Gasteiger partial charge in [0.1, 0.15) is 5.75 Å². The van der Waals surface area contributed by atoms with Crippen LogP contribution in [0.2, 0.25) is 0 Å². The third kappa shape index (κ3) is 6.81. The molecule has 0 saturated carbocycles. The van der Waals surface area contributed by atoms with Crippen molar-refractivity contribution < 1.29 is 13.2 Å². The first-order valence-electron chi connectivity index (χ1n) is 9.12. The summed E-state index contributed by atoms with van der Waals surface area (Å²) in [5.74, 6) is 1.84. The van der Waals surface area contributed by atoms with Crippen LogP contribution in [-0.2, 0) is 9.84 Å². The molecule has 0 amide bonds. The smallest absolute Gasteiger partial charge is 0.193 e. The molecule has 2 rings (SSSR count). The third-order valence-corrected chi connectivity index (χ3v) is 7.23. The number of rotatable bonds is 6. The summed E-state index contributed by atoms with van der Waals surface area (Å²) in [5.41, 5.74) is 1.22. The molecule has 27 heavy (non-hydrogen) atoms. The predicted octanol–water partition coefficient (Wildman–Crippen LogP) is 2.86. The van der Waals surface area contributed by atoms with E-state index in [2.05, 4.69) is 17.2 Å². The van der Waals surface area contributed by atoms with Crippen LogP contribution in [0.3, 0.4) is 0 Å². The van der Waals surface area contributed by atoms with Gasteiger partial charge in [-0.1, -0.05) is 17.7 Å². The summed E-state index contributed by atoms with van der Waals surface area (Å²) >= 11 is 0. The number of nitrogens with one attached hydrogen (secondary N) is 1. The molecule has 1 N–H and O–H groups in total. The molecule has 154 valence electrons. The molecule has 0 aliphatic carbocycles. The van der Waals surface area contributed by atoms with Gasteiger partial charge in [-0.25, -0.2) is 8.42 Å². The second-order valence-electron chi connectivity index (χ2n) is 7.34. The van der Waals surface area contributed by atoms with Crippen molar-refractivity contribution in [2.75, 3.05) is 39.0 Å². The number of benzene rings is 1. The maximum absolute atomic E-state index is 12.1. The summed E-state index contributed by atoms with van der Waals surface area (Å²) in [4.78, 5) is 6.34. The van der Waals surface area contributed by atoms with Crippen LogP contribution in [-0.4, -0.2) is 63.1 Å². The van der Waals surface area contributed by atoms with Gasteiger partial charge < -0.3 is 15.0 Å². The second-order valence-corrected chi connectivity index (χ2v) is 10.1. The zero-order valence-corrected chi connectivity index (χ0v) is 19.8. The number of hydrogen-bond donors (Lipinski definition) is 1.